The molecule has 4 aromatic heterocycles. The molecule has 0 unspecified atom stereocenters. The van der Waals surface area contributed by atoms with Gasteiger partial charge in [-0.3, -0.25) is 14.4 Å². The summed E-state index contributed by atoms with van der Waals surface area (Å²) in [7, 11) is 0. The van der Waals surface area contributed by atoms with Gasteiger partial charge in [0.05, 0.1) is 23.2 Å². The Labute approximate surface area is 290 Å². The molecule has 0 saturated carbocycles. The Morgan fingerprint density at radius 1 is 0.673 bits per heavy atom. The summed E-state index contributed by atoms with van der Waals surface area (Å²) in [5.74, 6) is -1.10. The number of nitrogens with one attached hydrogen (secondary N) is 3. The number of rotatable bonds is 4. The molecule has 6 aromatic rings. The van der Waals surface area contributed by atoms with E-state index in [1.54, 1.807) is 22.3 Å². The molecule has 49 heavy (non-hydrogen) atoms. The maximum Gasteiger partial charge on any atom is 0.337 e. The predicted octanol–water partition coefficient (Wildman–Crippen LogP) is 6.28. The molecule has 0 saturated heterocycles. The third-order valence-electron chi connectivity index (χ3n) is 8.33. The predicted molar refractivity (Wildman–Crippen MR) is 193 cm³/mol. The zero-order valence-corrected chi connectivity index (χ0v) is 28.0. The van der Waals surface area contributed by atoms with Crippen molar-refractivity contribution in [3.8, 4) is 0 Å². The monoisotopic (exact) mass is 690 g/mol. The van der Waals surface area contributed by atoms with Crippen LogP contribution < -0.4 is 16.4 Å². The molecule has 1 amide bonds. The fourth-order valence-electron chi connectivity index (χ4n) is 5.98. The minimum absolute atomic E-state index is 0.0584. The summed E-state index contributed by atoms with van der Waals surface area (Å²) >= 11 is 3.63. The zero-order valence-electron chi connectivity index (χ0n) is 26.4. The van der Waals surface area contributed by atoms with Crippen LogP contribution in [0.3, 0.4) is 0 Å². The Morgan fingerprint density at radius 3 is 1.84 bits per heavy atom. The summed E-state index contributed by atoms with van der Waals surface area (Å²) in [6.07, 6.45) is 4.70. The number of thiophene rings is 2. The topological polar surface area (TPSA) is 135 Å². The lowest BCUT2D eigenvalue weighted by Crippen LogP contribution is -2.40. The highest BCUT2D eigenvalue weighted by atomic mass is 32.1. The van der Waals surface area contributed by atoms with Gasteiger partial charge in [0.1, 0.15) is 0 Å². The van der Waals surface area contributed by atoms with E-state index in [1.165, 1.54) is 52.4 Å². The molecule has 9 nitrogen and oxygen atoms in total. The number of carboxylic acids is 1. The molecule has 2 aliphatic heterocycles. The van der Waals surface area contributed by atoms with Crippen LogP contribution in [-0.2, 0) is 12.8 Å². The highest BCUT2D eigenvalue weighted by Crippen LogP contribution is 2.38. The molecule has 2 atom stereocenters. The summed E-state index contributed by atoms with van der Waals surface area (Å²) in [5.41, 5.74) is 5.24. The normalized spacial score (nSPS) is 16.1. The number of aromatic amines is 2. The van der Waals surface area contributed by atoms with Gasteiger partial charge in [0, 0.05) is 47.4 Å². The summed E-state index contributed by atoms with van der Waals surface area (Å²) in [6, 6.07) is 30.9. The van der Waals surface area contributed by atoms with E-state index in [0.717, 1.165) is 24.7 Å². The van der Waals surface area contributed by atoms with E-state index in [1.807, 2.05) is 34.4 Å². The fraction of sp³-hybridized carbons (Fsp3) is 0.158. The van der Waals surface area contributed by atoms with Gasteiger partial charge in [0.2, 0.25) is 11.1 Å². The molecule has 0 radical (unpaired) electrons. The minimum atomic E-state index is -1.05. The molecule has 0 bridgehead atoms. The molecule has 0 fully saturated rings. The second-order valence-corrected chi connectivity index (χ2v) is 13.4. The molecule has 8 rings (SSSR count). The van der Waals surface area contributed by atoms with Crippen molar-refractivity contribution in [2.24, 2.45) is 0 Å². The number of H-pyrrole nitrogens is 2. The molecule has 0 spiro atoms. The van der Waals surface area contributed by atoms with E-state index in [4.69, 9.17) is 5.11 Å². The van der Waals surface area contributed by atoms with Crippen molar-refractivity contribution in [3.63, 3.8) is 0 Å². The number of fused-ring (bicyclic) bond motifs is 2. The van der Waals surface area contributed by atoms with E-state index in [0.29, 0.717) is 18.2 Å². The van der Waals surface area contributed by atoms with Gasteiger partial charge in [-0.25, -0.2) is 4.79 Å². The molecule has 4 N–H and O–H groups in total. The Morgan fingerprint density at radius 2 is 1.24 bits per heavy atom. The number of pyridine rings is 2. The highest BCUT2D eigenvalue weighted by molar-refractivity contribution is 7.10. The molecular formula is C38H34N4O5S2. The molecular weight excluding hydrogens is 657 g/mol. The van der Waals surface area contributed by atoms with Crippen LogP contribution in [0.25, 0.3) is 0 Å². The number of carbonyl (C=O) groups is 2. The Kier molecular flexibility index (Phi) is 10.7. The fourth-order valence-corrected chi connectivity index (χ4v) is 7.80. The van der Waals surface area contributed by atoms with Crippen molar-refractivity contribution >= 4 is 34.6 Å². The maximum atomic E-state index is 13.0. The second kappa shape index (κ2) is 15.7. The lowest BCUT2D eigenvalue weighted by Gasteiger charge is -2.36. The summed E-state index contributed by atoms with van der Waals surface area (Å²) < 4.78 is 0. The van der Waals surface area contributed by atoms with Crippen molar-refractivity contribution < 1.29 is 14.7 Å². The number of hydrogen-bond donors (Lipinski definition) is 4. The van der Waals surface area contributed by atoms with Gasteiger partial charge in [0.25, 0.3) is 5.91 Å². The number of aromatic nitrogens is 2. The smallest absolute Gasteiger partial charge is 0.337 e. The molecule has 6 heterocycles. The first-order valence-corrected chi connectivity index (χ1v) is 17.5. The maximum absolute atomic E-state index is 13.0. The Balaban J connectivity index is 0.000000142. The summed E-state index contributed by atoms with van der Waals surface area (Å²) in [6.45, 7) is 1.76. The second-order valence-electron chi connectivity index (χ2n) is 11.4. The van der Waals surface area contributed by atoms with Gasteiger partial charge in [-0.2, -0.15) is 0 Å². The van der Waals surface area contributed by atoms with Crippen LogP contribution in [0.5, 0.6) is 0 Å². The first-order valence-electron chi connectivity index (χ1n) is 15.8. The van der Waals surface area contributed by atoms with Gasteiger partial charge in [-0.15, -0.1) is 22.7 Å². The number of hydrogen-bond acceptors (Lipinski definition) is 7. The average Bonchev–Trinajstić information content (AvgIpc) is 3.83. The van der Waals surface area contributed by atoms with Crippen LogP contribution in [0.15, 0.2) is 130 Å². The number of nitrogens with zero attached hydrogens (tertiary/aromatic N) is 1. The molecule has 248 valence electrons. The van der Waals surface area contributed by atoms with Crippen molar-refractivity contribution in [1.29, 1.82) is 0 Å². The molecule has 11 heteroatoms. The first kappa shape index (κ1) is 33.5. The van der Waals surface area contributed by atoms with Crippen LogP contribution in [0.2, 0.25) is 0 Å². The Hall–Kier alpha value is -5.36. The lowest BCUT2D eigenvalue weighted by molar-refractivity contribution is 0.0687. The molecule has 2 aliphatic rings. The third kappa shape index (κ3) is 8.03. The minimum Gasteiger partial charge on any atom is -0.478 e. The number of carbonyl (C=O) groups excluding carboxylic acids is 1. The van der Waals surface area contributed by atoms with Gasteiger partial charge >= 0.3 is 5.97 Å². The number of amides is 1. The van der Waals surface area contributed by atoms with Crippen LogP contribution >= 0.6 is 22.7 Å². The van der Waals surface area contributed by atoms with Crippen LogP contribution in [0.1, 0.15) is 64.8 Å². The van der Waals surface area contributed by atoms with Crippen LogP contribution in [0, 0.1) is 0 Å². The van der Waals surface area contributed by atoms with Gasteiger partial charge < -0.3 is 25.3 Å². The van der Waals surface area contributed by atoms with Crippen molar-refractivity contribution in [3.05, 3.63) is 184 Å². The third-order valence-corrected chi connectivity index (χ3v) is 10.3. The first-order chi connectivity index (χ1) is 23.9. The number of benzene rings is 2. The molecule has 2 aromatic carbocycles. The number of aromatic carboxylic acids is 1. The summed E-state index contributed by atoms with van der Waals surface area (Å²) in [5, 5.41) is 16.2. The van der Waals surface area contributed by atoms with Crippen LogP contribution in [-0.4, -0.2) is 44.9 Å². The largest absolute Gasteiger partial charge is 0.478 e. The van der Waals surface area contributed by atoms with Crippen molar-refractivity contribution in [2.75, 3.05) is 13.1 Å². The van der Waals surface area contributed by atoms with E-state index < -0.39 is 5.97 Å². The van der Waals surface area contributed by atoms with E-state index in [-0.39, 0.29) is 28.6 Å². The molecule has 0 aliphatic carbocycles. The number of carboxylic acid groups (broad SMARTS) is 1. The Bertz CT molecular complexity index is 2100. The zero-order chi connectivity index (χ0) is 34.2. The van der Waals surface area contributed by atoms with E-state index >= 15 is 0 Å². The van der Waals surface area contributed by atoms with Crippen molar-refractivity contribution in [1.82, 2.24) is 20.2 Å². The summed E-state index contributed by atoms with van der Waals surface area (Å²) in [4.78, 5) is 54.5. The van der Waals surface area contributed by atoms with Crippen molar-refractivity contribution in [2.45, 2.75) is 24.9 Å². The highest BCUT2D eigenvalue weighted by Gasteiger charge is 2.33. The SMILES string of the molecule is O=C(O)c1ccc(=O)[nH]c1.O=C(c1ccc(=O)[nH]c1)N1CCc2sccc2[C@H]1c1ccccc1.c1ccc([C@H]2NCCc3sccc32)cc1. The van der Waals surface area contributed by atoms with Crippen LogP contribution in [0.4, 0.5) is 0 Å². The van der Waals surface area contributed by atoms with Gasteiger partial charge in [-0.05, 0) is 70.1 Å². The van der Waals surface area contributed by atoms with E-state index in [9.17, 15) is 19.2 Å². The lowest BCUT2D eigenvalue weighted by atomic mass is 9.93. The van der Waals surface area contributed by atoms with Gasteiger partial charge in [-0.1, -0.05) is 60.7 Å². The standard InChI is InChI=1S/C19H16N2O2S.C13H13NS.C6H5NO3/c22-17-7-6-14(12-20-17)19(23)21-10-8-16-15(9-11-24-16)18(21)13-4-2-1-3-5-13;1-2-4-10(5-3-1)13-11-7-9-15-12(11)6-8-14-13;8-5-2-1-4(3-7-5)6(9)10/h1-7,9,11-12,18H,8,10H2,(H,20,22);1-5,7,9,13-14H,6,8H2;1-3H,(H,7,8)(H,9,10)/t18-;13-;/m11./s1. The van der Waals surface area contributed by atoms with E-state index in [2.05, 4.69) is 80.6 Å². The quantitative estimate of drug-likeness (QED) is 0.172. The van der Waals surface area contributed by atoms with Gasteiger partial charge in [0.15, 0.2) is 0 Å². The average molecular weight is 691 g/mol.